The lowest BCUT2D eigenvalue weighted by Gasteiger charge is -2.32. The molecule has 0 aromatic heterocycles. The summed E-state index contributed by atoms with van der Waals surface area (Å²) in [7, 11) is 0. The zero-order valence-corrected chi connectivity index (χ0v) is 14.2. The SMILES string of the molecule is C=C(C)[C@H]1CC(=O)[C@@]2(C)C/C=C(/C)CC/C=C(/C)CC[C@H]12. The van der Waals surface area contributed by atoms with Crippen molar-refractivity contribution in [1.29, 1.82) is 0 Å². The lowest BCUT2D eigenvalue weighted by atomic mass is 9.70. The van der Waals surface area contributed by atoms with Gasteiger partial charge in [0.25, 0.3) is 0 Å². The molecule has 1 saturated carbocycles. The van der Waals surface area contributed by atoms with E-state index in [4.69, 9.17) is 0 Å². The highest BCUT2D eigenvalue weighted by Crippen LogP contribution is 2.51. The van der Waals surface area contributed by atoms with Gasteiger partial charge < -0.3 is 0 Å². The molecule has 0 heterocycles. The third-order valence-corrected chi connectivity index (χ3v) is 5.74. The largest absolute Gasteiger partial charge is 0.299 e. The Morgan fingerprint density at radius 1 is 1.24 bits per heavy atom. The molecule has 0 aromatic carbocycles. The Balaban J connectivity index is 2.36. The molecule has 0 spiro atoms. The number of carbonyl (C=O) groups excluding carboxylic acids is 1. The van der Waals surface area contributed by atoms with Crippen LogP contribution in [0.25, 0.3) is 0 Å². The Hall–Kier alpha value is -1.11. The average Bonchev–Trinajstić information content (AvgIpc) is 2.65. The molecule has 0 radical (unpaired) electrons. The highest BCUT2D eigenvalue weighted by Gasteiger charge is 2.50. The van der Waals surface area contributed by atoms with Gasteiger partial charge in [0.05, 0.1) is 0 Å². The summed E-state index contributed by atoms with van der Waals surface area (Å²) in [5, 5.41) is 0. The lowest BCUT2D eigenvalue weighted by molar-refractivity contribution is -0.126. The van der Waals surface area contributed by atoms with Gasteiger partial charge in [-0.2, -0.15) is 0 Å². The van der Waals surface area contributed by atoms with Crippen molar-refractivity contribution in [2.24, 2.45) is 17.3 Å². The fourth-order valence-electron chi connectivity index (χ4n) is 4.05. The lowest BCUT2D eigenvalue weighted by Crippen LogP contribution is -2.30. The minimum atomic E-state index is -0.185. The molecule has 0 amide bonds. The molecule has 0 N–H and O–H groups in total. The van der Waals surface area contributed by atoms with Crippen molar-refractivity contribution in [2.45, 2.75) is 66.2 Å². The predicted molar refractivity (Wildman–Crippen MR) is 90.1 cm³/mol. The molecule has 1 nitrogen and oxygen atoms in total. The summed E-state index contributed by atoms with van der Waals surface area (Å²) in [4.78, 5) is 12.7. The zero-order chi connectivity index (χ0) is 15.6. The normalized spacial score (nSPS) is 39.5. The van der Waals surface area contributed by atoms with Crippen molar-refractivity contribution in [1.82, 2.24) is 0 Å². The van der Waals surface area contributed by atoms with Gasteiger partial charge in [0.15, 0.2) is 0 Å². The summed E-state index contributed by atoms with van der Waals surface area (Å²) in [6.45, 7) is 12.9. The Kier molecular flexibility index (Phi) is 4.91. The first-order valence-corrected chi connectivity index (χ1v) is 8.34. The van der Waals surface area contributed by atoms with Gasteiger partial charge in [-0.25, -0.2) is 0 Å². The van der Waals surface area contributed by atoms with Crippen molar-refractivity contribution in [3.63, 3.8) is 0 Å². The van der Waals surface area contributed by atoms with Crippen LogP contribution in [0.3, 0.4) is 0 Å². The van der Waals surface area contributed by atoms with Gasteiger partial charge in [-0.15, -0.1) is 0 Å². The molecule has 1 fully saturated rings. The molecule has 116 valence electrons. The topological polar surface area (TPSA) is 17.1 Å². The number of Topliss-reactive ketones (excluding diaryl/α,β-unsaturated/α-hetero) is 1. The minimum absolute atomic E-state index is 0.185. The summed E-state index contributed by atoms with van der Waals surface area (Å²) >= 11 is 0. The second-order valence-corrected chi connectivity index (χ2v) is 7.49. The van der Waals surface area contributed by atoms with Crippen LogP contribution < -0.4 is 0 Å². The molecule has 0 unspecified atom stereocenters. The van der Waals surface area contributed by atoms with Crippen molar-refractivity contribution < 1.29 is 4.79 Å². The zero-order valence-electron chi connectivity index (χ0n) is 14.2. The Morgan fingerprint density at radius 3 is 2.57 bits per heavy atom. The van der Waals surface area contributed by atoms with Gasteiger partial charge in [-0.1, -0.05) is 42.4 Å². The van der Waals surface area contributed by atoms with Crippen LogP contribution in [0.15, 0.2) is 35.5 Å². The van der Waals surface area contributed by atoms with Gasteiger partial charge in [-0.05, 0) is 64.7 Å². The number of carbonyl (C=O) groups is 1. The average molecular weight is 286 g/mol. The van der Waals surface area contributed by atoms with Crippen molar-refractivity contribution in [3.05, 3.63) is 35.5 Å². The molecule has 0 saturated heterocycles. The first-order valence-electron chi connectivity index (χ1n) is 8.34. The van der Waals surface area contributed by atoms with E-state index < -0.39 is 0 Å². The number of fused-ring (bicyclic) bond motifs is 1. The molecule has 3 atom stereocenters. The van der Waals surface area contributed by atoms with E-state index in [1.54, 1.807) is 0 Å². The Labute approximate surface area is 130 Å². The molecular weight excluding hydrogens is 256 g/mol. The van der Waals surface area contributed by atoms with Gasteiger partial charge >= 0.3 is 0 Å². The van der Waals surface area contributed by atoms with E-state index in [-0.39, 0.29) is 5.41 Å². The van der Waals surface area contributed by atoms with Crippen LogP contribution in [0.4, 0.5) is 0 Å². The molecule has 2 aliphatic carbocycles. The summed E-state index contributed by atoms with van der Waals surface area (Å²) in [6, 6.07) is 0. The summed E-state index contributed by atoms with van der Waals surface area (Å²) in [5.74, 6) is 1.28. The van der Waals surface area contributed by atoms with Crippen LogP contribution in [0, 0.1) is 17.3 Å². The van der Waals surface area contributed by atoms with Crippen LogP contribution in [0.1, 0.15) is 66.2 Å². The first kappa shape index (κ1) is 16.3. The summed E-state index contributed by atoms with van der Waals surface area (Å²) in [5.41, 5.74) is 3.91. The van der Waals surface area contributed by atoms with E-state index in [1.165, 1.54) is 16.7 Å². The number of allylic oxidation sites excluding steroid dienone is 5. The third-order valence-electron chi connectivity index (χ3n) is 5.74. The van der Waals surface area contributed by atoms with Crippen LogP contribution in [0.2, 0.25) is 0 Å². The van der Waals surface area contributed by atoms with Gasteiger partial charge in [-0.3, -0.25) is 4.79 Å². The van der Waals surface area contributed by atoms with Crippen LogP contribution >= 0.6 is 0 Å². The highest BCUT2D eigenvalue weighted by atomic mass is 16.1. The molecule has 0 aromatic rings. The van der Waals surface area contributed by atoms with E-state index in [1.807, 2.05) is 0 Å². The summed E-state index contributed by atoms with van der Waals surface area (Å²) < 4.78 is 0. The fourth-order valence-corrected chi connectivity index (χ4v) is 4.05. The van der Waals surface area contributed by atoms with Gasteiger partial charge in [0, 0.05) is 11.8 Å². The molecule has 0 aliphatic heterocycles. The van der Waals surface area contributed by atoms with Gasteiger partial charge in [0.2, 0.25) is 0 Å². The monoisotopic (exact) mass is 286 g/mol. The molecule has 21 heavy (non-hydrogen) atoms. The van der Waals surface area contributed by atoms with E-state index in [0.29, 0.717) is 24.0 Å². The van der Waals surface area contributed by atoms with Crippen molar-refractivity contribution in [2.75, 3.05) is 0 Å². The van der Waals surface area contributed by atoms with Crippen molar-refractivity contribution >= 4 is 5.78 Å². The maximum atomic E-state index is 12.7. The smallest absolute Gasteiger partial charge is 0.139 e. The minimum Gasteiger partial charge on any atom is -0.299 e. The summed E-state index contributed by atoms with van der Waals surface area (Å²) in [6.07, 6.45) is 10.8. The Bertz CT molecular complexity index is 494. The second-order valence-electron chi connectivity index (χ2n) is 7.49. The van der Waals surface area contributed by atoms with Crippen LogP contribution in [0.5, 0.6) is 0 Å². The molecular formula is C20H30O. The molecule has 1 heteroatoms. The van der Waals surface area contributed by atoms with E-state index >= 15 is 0 Å². The number of rotatable bonds is 1. The predicted octanol–water partition coefficient (Wildman–Crippen LogP) is 5.63. The van der Waals surface area contributed by atoms with E-state index in [0.717, 1.165) is 32.1 Å². The van der Waals surface area contributed by atoms with E-state index in [2.05, 4.69) is 46.4 Å². The van der Waals surface area contributed by atoms with Crippen LogP contribution in [-0.2, 0) is 4.79 Å². The quantitative estimate of drug-likeness (QED) is 0.571. The Morgan fingerprint density at radius 2 is 1.90 bits per heavy atom. The standard InChI is InChI=1S/C20H30O/c1-14(2)17-13-19(21)20(5)12-11-16(4)8-6-7-15(3)9-10-18(17)20/h7,11,17-18H,1,6,8-10,12-13H2,2-5H3/b15-7-,16-11-/t17-,18-,20+/m1/s1. The highest BCUT2D eigenvalue weighted by molar-refractivity contribution is 5.88. The maximum Gasteiger partial charge on any atom is 0.139 e. The third kappa shape index (κ3) is 3.39. The number of hydrogen-bond acceptors (Lipinski definition) is 1. The van der Waals surface area contributed by atoms with Crippen LogP contribution in [-0.4, -0.2) is 5.78 Å². The number of ketones is 1. The van der Waals surface area contributed by atoms with Gasteiger partial charge in [0.1, 0.15) is 5.78 Å². The molecule has 0 bridgehead atoms. The van der Waals surface area contributed by atoms with Crippen molar-refractivity contribution in [3.8, 4) is 0 Å². The molecule has 2 rings (SSSR count). The fraction of sp³-hybridized carbons (Fsp3) is 0.650. The van der Waals surface area contributed by atoms with E-state index in [9.17, 15) is 4.79 Å². The second kappa shape index (κ2) is 6.34. The number of hydrogen-bond donors (Lipinski definition) is 0. The maximum absolute atomic E-state index is 12.7. The molecule has 2 aliphatic rings. The first-order chi connectivity index (χ1) is 9.84.